The summed E-state index contributed by atoms with van der Waals surface area (Å²) in [5, 5.41) is 0. The van der Waals surface area contributed by atoms with Gasteiger partial charge in [-0.05, 0) is 18.8 Å². The highest BCUT2D eigenvalue weighted by Crippen LogP contribution is 2.28. The van der Waals surface area contributed by atoms with Crippen molar-refractivity contribution in [3.8, 4) is 0 Å². The third-order valence-electron chi connectivity index (χ3n) is 3.82. The second-order valence-corrected chi connectivity index (χ2v) is 5.69. The van der Waals surface area contributed by atoms with Crippen LogP contribution in [0, 0.1) is 5.92 Å². The predicted octanol–water partition coefficient (Wildman–Crippen LogP) is 2.92. The van der Waals surface area contributed by atoms with Crippen molar-refractivity contribution < 1.29 is 4.79 Å². The summed E-state index contributed by atoms with van der Waals surface area (Å²) in [7, 11) is 1.70. The molecule has 1 aliphatic carbocycles. The van der Waals surface area contributed by atoms with Crippen LogP contribution in [0.5, 0.6) is 0 Å². The van der Waals surface area contributed by atoms with Crippen LogP contribution in [0.25, 0.3) is 0 Å². The molecule has 1 fully saturated rings. The van der Waals surface area contributed by atoms with Gasteiger partial charge in [0.2, 0.25) is 0 Å². The van der Waals surface area contributed by atoms with Gasteiger partial charge in [0.15, 0.2) is 5.96 Å². The summed E-state index contributed by atoms with van der Waals surface area (Å²) in [6.45, 7) is 4.25. The zero-order chi connectivity index (χ0) is 14.3. The van der Waals surface area contributed by atoms with E-state index in [9.17, 15) is 4.79 Å². The molecule has 0 radical (unpaired) electrons. The standard InChI is InChI=1S/C12H21N3O.C3H8/c1-15-11(16)10(14-12(15)13)8-7-9-5-3-2-4-6-9;1-3-2/h9-10H,2-8H2,1H3,(H2,13,14);3H2,1-2H3. The number of nitrogens with two attached hydrogens (primary N) is 1. The van der Waals surface area contributed by atoms with Gasteiger partial charge in [0, 0.05) is 7.05 Å². The van der Waals surface area contributed by atoms with Gasteiger partial charge in [0.1, 0.15) is 6.04 Å². The van der Waals surface area contributed by atoms with Gasteiger partial charge in [-0.25, -0.2) is 4.99 Å². The summed E-state index contributed by atoms with van der Waals surface area (Å²) in [5.41, 5.74) is 5.62. The molecule has 2 rings (SSSR count). The first kappa shape index (κ1) is 16.0. The molecule has 0 aromatic rings. The van der Waals surface area contributed by atoms with Crippen molar-refractivity contribution in [2.75, 3.05) is 7.05 Å². The molecular weight excluding hydrogens is 238 g/mol. The Morgan fingerprint density at radius 3 is 2.26 bits per heavy atom. The van der Waals surface area contributed by atoms with E-state index in [2.05, 4.69) is 18.8 Å². The minimum Gasteiger partial charge on any atom is -0.369 e. The van der Waals surface area contributed by atoms with E-state index in [1.807, 2.05) is 0 Å². The molecule has 19 heavy (non-hydrogen) atoms. The average Bonchev–Trinajstić information content (AvgIpc) is 2.66. The van der Waals surface area contributed by atoms with Crippen LogP contribution in [0.4, 0.5) is 0 Å². The van der Waals surface area contributed by atoms with Gasteiger partial charge < -0.3 is 5.73 Å². The molecule has 4 heteroatoms. The molecule has 1 atom stereocenters. The van der Waals surface area contributed by atoms with Crippen molar-refractivity contribution >= 4 is 11.9 Å². The lowest BCUT2D eigenvalue weighted by Gasteiger charge is -2.21. The zero-order valence-electron chi connectivity index (χ0n) is 12.7. The van der Waals surface area contributed by atoms with Crippen LogP contribution in [0.2, 0.25) is 0 Å². The fraction of sp³-hybridized carbons (Fsp3) is 0.867. The van der Waals surface area contributed by atoms with E-state index >= 15 is 0 Å². The summed E-state index contributed by atoms with van der Waals surface area (Å²) >= 11 is 0. The molecule has 0 bridgehead atoms. The summed E-state index contributed by atoms with van der Waals surface area (Å²) in [6, 6.07) is -0.202. The van der Waals surface area contributed by atoms with Crippen molar-refractivity contribution in [3.63, 3.8) is 0 Å². The first-order valence-electron chi connectivity index (χ1n) is 7.70. The normalized spacial score (nSPS) is 23.9. The number of nitrogens with zero attached hydrogens (tertiary/aromatic N) is 2. The van der Waals surface area contributed by atoms with Crippen LogP contribution in [-0.2, 0) is 4.79 Å². The van der Waals surface area contributed by atoms with Crippen LogP contribution >= 0.6 is 0 Å². The Labute approximate surface area is 117 Å². The monoisotopic (exact) mass is 267 g/mol. The fourth-order valence-electron chi connectivity index (χ4n) is 2.70. The Hall–Kier alpha value is -1.06. The number of rotatable bonds is 3. The van der Waals surface area contributed by atoms with E-state index in [0.29, 0.717) is 5.96 Å². The number of carbonyl (C=O) groups is 1. The van der Waals surface area contributed by atoms with E-state index in [4.69, 9.17) is 5.73 Å². The van der Waals surface area contributed by atoms with Crippen LogP contribution in [0.3, 0.4) is 0 Å². The predicted molar refractivity (Wildman–Crippen MR) is 80.0 cm³/mol. The zero-order valence-corrected chi connectivity index (χ0v) is 12.7. The molecule has 1 aliphatic heterocycles. The van der Waals surface area contributed by atoms with E-state index in [0.717, 1.165) is 18.8 Å². The maximum atomic E-state index is 11.7. The SMILES string of the molecule is CCC.CN1C(=O)C(CCC2CCCCC2)N=C1N. The van der Waals surface area contributed by atoms with Crippen LogP contribution in [0.15, 0.2) is 4.99 Å². The highest BCUT2D eigenvalue weighted by molar-refractivity contribution is 6.03. The Morgan fingerprint density at radius 2 is 1.79 bits per heavy atom. The van der Waals surface area contributed by atoms with E-state index in [1.165, 1.54) is 43.4 Å². The van der Waals surface area contributed by atoms with Gasteiger partial charge in [0.25, 0.3) is 5.91 Å². The minimum atomic E-state index is -0.202. The fourth-order valence-corrected chi connectivity index (χ4v) is 2.70. The number of hydrogen-bond donors (Lipinski definition) is 1. The van der Waals surface area contributed by atoms with Gasteiger partial charge in [-0.1, -0.05) is 52.4 Å². The number of carbonyl (C=O) groups excluding carboxylic acids is 1. The van der Waals surface area contributed by atoms with Gasteiger partial charge in [-0.15, -0.1) is 0 Å². The van der Waals surface area contributed by atoms with E-state index in [-0.39, 0.29) is 11.9 Å². The summed E-state index contributed by atoms with van der Waals surface area (Å²) in [6.07, 6.45) is 10.00. The van der Waals surface area contributed by atoms with Crippen molar-refractivity contribution in [2.45, 2.75) is 71.3 Å². The lowest BCUT2D eigenvalue weighted by Crippen LogP contribution is -2.35. The first-order valence-corrected chi connectivity index (χ1v) is 7.70. The van der Waals surface area contributed by atoms with Crippen molar-refractivity contribution in [3.05, 3.63) is 0 Å². The molecule has 4 nitrogen and oxygen atoms in total. The first-order chi connectivity index (χ1) is 9.10. The molecule has 1 heterocycles. The smallest absolute Gasteiger partial charge is 0.253 e. The maximum Gasteiger partial charge on any atom is 0.253 e. The van der Waals surface area contributed by atoms with Gasteiger partial charge in [-0.3, -0.25) is 9.69 Å². The second kappa shape index (κ2) is 8.18. The number of amides is 1. The van der Waals surface area contributed by atoms with Crippen LogP contribution in [0.1, 0.15) is 65.2 Å². The molecule has 0 saturated heterocycles. The van der Waals surface area contributed by atoms with E-state index < -0.39 is 0 Å². The van der Waals surface area contributed by atoms with Gasteiger partial charge in [-0.2, -0.15) is 0 Å². The van der Waals surface area contributed by atoms with Gasteiger partial charge >= 0.3 is 0 Å². The lowest BCUT2D eigenvalue weighted by atomic mass is 9.85. The molecule has 1 amide bonds. The lowest BCUT2D eigenvalue weighted by molar-refractivity contribution is -0.126. The van der Waals surface area contributed by atoms with E-state index in [1.54, 1.807) is 7.05 Å². The maximum absolute atomic E-state index is 11.7. The second-order valence-electron chi connectivity index (χ2n) is 5.69. The summed E-state index contributed by atoms with van der Waals surface area (Å²) in [5.74, 6) is 1.25. The van der Waals surface area contributed by atoms with Crippen molar-refractivity contribution in [2.24, 2.45) is 16.6 Å². The van der Waals surface area contributed by atoms with Crippen molar-refractivity contribution in [1.29, 1.82) is 0 Å². The van der Waals surface area contributed by atoms with Gasteiger partial charge in [0.05, 0.1) is 0 Å². The largest absolute Gasteiger partial charge is 0.369 e. The van der Waals surface area contributed by atoms with Crippen LogP contribution < -0.4 is 5.73 Å². The Morgan fingerprint density at radius 1 is 1.21 bits per heavy atom. The third-order valence-corrected chi connectivity index (χ3v) is 3.82. The molecule has 2 aliphatic rings. The van der Waals surface area contributed by atoms with Crippen molar-refractivity contribution in [1.82, 2.24) is 4.90 Å². The van der Waals surface area contributed by atoms with Crippen LogP contribution in [-0.4, -0.2) is 29.9 Å². The molecule has 2 N–H and O–H groups in total. The molecule has 0 spiro atoms. The number of likely N-dealkylation sites (N-methyl/N-ethyl adjacent to an activating group) is 1. The molecule has 1 unspecified atom stereocenters. The number of guanidine groups is 1. The topological polar surface area (TPSA) is 58.7 Å². The molecular formula is C15H29N3O. The molecule has 110 valence electrons. The highest BCUT2D eigenvalue weighted by Gasteiger charge is 2.30. The molecule has 0 aromatic carbocycles. The summed E-state index contributed by atoms with van der Waals surface area (Å²) in [4.78, 5) is 17.4. The number of hydrogen-bond acceptors (Lipinski definition) is 3. The Kier molecular flexibility index (Phi) is 6.89. The highest BCUT2D eigenvalue weighted by atomic mass is 16.2. The Bertz CT molecular complexity index is 309. The number of aliphatic imine (C=N–C) groups is 1. The average molecular weight is 267 g/mol. The molecule has 0 aromatic heterocycles. The Balaban J connectivity index is 0.000000550. The third kappa shape index (κ3) is 4.84. The minimum absolute atomic E-state index is 0.0632. The quantitative estimate of drug-likeness (QED) is 0.854. The molecule has 1 saturated carbocycles. The summed E-state index contributed by atoms with van der Waals surface area (Å²) < 4.78 is 0.